The van der Waals surface area contributed by atoms with Gasteiger partial charge in [0.25, 0.3) is 0 Å². The Morgan fingerprint density at radius 1 is 1.11 bits per heavy atom. The van der Waals surface area contributed by atoms with Gasteiger partial charge in [-0.15, -0.1) is 0 Å². The third kappa shape index (κ3) is 2.11. The molecule has 19 heavy (non-hydrogen) atoms. The third-order valence-corrected chi connectivity index (χ3v) is 5.35. The molecule has 3 aliphatic carbocycles. The largest absolute Gasteiger partial charge is 0.294 e. The van der Waals surface area contributed by atoms with Crippen molar-refractivity contribution in [2.45, 2.75) is 73.1 Å². The fourth-order valence-corrected chi connectivity index (χ4v) is 4.13. The summed E-state index contributed by atoms with van der Waals surface area (Å²) in [5, 5.41) is 0. The molecular weight excluding hydrogens is 232 g/mol. The van der Waals surface area contributed by atoms with Gasteiger partial charge in [0.2, 0.25) is 0 Å². The topological polar surface area (TPSA) is 17.1 Å². The fourth-order valence-electron chi connectivity index (χ4n) is 4.13. The van der Waals surface area contributed by atoms with Crippen molar-refractivity contribution in [3.63, 3.8) is 0 Å². The lowest BCUT2D eigenvalue weighted by Gasteiger charge is -2.23. The van der Waals surface area contributed by atoms with Gasteiger partial charge in [-0.1, -0.05) is 44.8 Å². The monoisotopic (exact) mass is 260 g/mol. The minimum Gasteiger partial charge on any atom is -0.294 e. The number of hydrogen-bond acceptors (Lipinski definition) is 1. The van der Waals surface area contributed by atoms with Crippen LogP contribution in [0.25, 0.3) is 0 Å². The maximum Gasteiger partial charge on any atom is 0.169 e. The summed E-state index contributed by atoms with van der Waals surface area (Å²) in [7, 11) is 0. The van der Waals surface area contributed by atoms with Crippen molar-refractivity contribution < 1.29 is 4.79 Å². The second kappa shape index (κ2) is 5.26. The molecule has 0 aromatic rings. The number of carbonyl (C=O) groups is 1. The van der Waals surface area contributed by atoms with E-state index in [1.807, 2.05) is 13.8 Å². The van der Waals surface area contributed by atoms with E-state index in [9.17, 15) is 4.79 Å². The molecule has 1 heteroatoms. The average molecular weight is 260 g/mol. The van der Waals surface area contributed by atoms with Crippen LogP contribution in [0, 0.1) is 11.3 Å². The number of fused-ring (bicyclic) bond motifs is 1. The van der Waals surface area contributed by atoms with Gasteiger partial charge in [-0.3, -0.25) is 4.79 Å². The van der Waals surface area contributed by atoms with Crippen molar-refractivity contribution >= 4 is 5.78 Å². The number of carbonyl (C=O) groups excluding carboxylic acids is 1. The molecular formula is C18H28O. The number of rotatable bonds is 0. The van der Waals surface area contributed by atoms with Gasteiger partial charge in [-0.05, 0) is 51.0 Å². The molecule has 3 aliphatic rings. The first-order chi connectivity index (χ1) is 9.05. The van der Waals surface area contributed by atoms with Crippen molar-refractivity contribution in [2.75, 3.05) is 0 Å². The Balaban J connectivity index is 0.000000637. The van der Waals surface area contributed by atoms with Crippen molar-refractivity contribution in [1.29, 1.82) is 0 Å². The van der Waals surface area contributed by atoms with Gasteiger partial charge in [-0.25, -0.2) is 0 Å². The van der Waals surface area contributed by atoms with Gasteiger partial charge < -0.3 is 0 Å². The molecule has 0 N–H and O–H groups in total. The molecule has 0 saturated heterocycles. The van der Waals surface area contributed by atoms with Gasteiger partial charge in [-0.2, -0.15) is 0 Å². The van der Waals surface area contributed by atoms with Gasteiger partial charge in [0, 0.05) is 11.0 Å². The van der Waals surface area contributed by atoms with Crippen molar-refractivity contribution in [2.24, 2.45) is 11.3 Å². The maximum absolute atomic E-state index is 12.8. The summed E-state index contributed by atoms with van der Waals surface area (Å²) < 4.78 is 0. The second-order valence-corrected chi connectivity index (χ2v) is 6.42. The van der Waals surface area contributed by atoms with Crippen LogP contribution in [0.2, 0.25) is 0 Å². The molecule has 1 spiro atoms. The summed E-state index contributed by atoms with van der Waals surface area (Å²) in [6, 6.07) is 0. The molecule has 0 radical (unpaired) electrons. The lowest BCUT2D eigenvalue weighted by atomic mass is 9.81. The molecule has 0 aliphatic heterocycles. The first-order valence-electron chi connectivity index (χ1n) is 8.00. The zero-order valence-corrected chi connectivity index (χ0v) is 13.2. The molecule has 0 heterocycles. The summed E-state index contributed by atoms with van der Waals surface area (Å²) in [6.07, 6.45) is 6.98. The Labute approximate surface area is 118 Å². The Kier molecular flexibility index (Phi) is 4.03. The summed E-state index contributed by atoms with van der Waals surface area (Å²) >= 11 is 0. The third-order valence-electron chi connectivity index (χ3n) is 5.35. The molecule has 0 aromatic carbocycles. The molecule has 1 unspecified atom stereocenters. The van der Waals surface area contributed by atoms with Crippen LogP contribution in [0.15, 0.2) is 22.3 Å². The van der Waals surface area contributed by atoms with E-state index in [-0.39, 0.29) is 5.41 Å². The van der Waals surface area contributed by atoms with E-state index in [0.717, 1.165) is 31.3 Å². The summed E-state index contributed by atoms with van der Waals surface area (Å²) in [6.45, 7) is 10.7. The molecule has 0 aromatic heterocycles. The van der Waals surface area contributed by atoms with Gasteiger partial charge >= 0.3 is 0 Å². The van der Waals surface area contributed by atoms with Crippen LogP contribution in [0.4, 0.5) is 0 Å². The van der Waals surface area contributed by atoms with E-state index in [1.165, 1.54) is 29.6 Å². The maximum atomic E-state index is 12.8. The molecule has 106 valence electrons. The van der Waals surface area contributed by atoms with Crippen LogP contribution in [-0.2, 0) is 4.79 Å². The first kappa shape index (κ1) is 14.6. The number of Topliss-reactive ketones (excluding diaryl/α,β-unsaturated/α-hetero) is 1. The van der Waals surface area contributed by atoms with Crippen LogP contribution < -0.4 is 0 Å². The Bertz CT molecular complexity index is 444. The molecule has 3 rings (SSSR count). The molecule has 2 fully saturated rings. The highest BCUT2D eigenvalue weighted by molar-refractivity contribution is 6.08. The van der Waals surface area contributed by atoms with Crippen molar-refractivity contribution in [1.82, 2.24) is 0 Å². The Morgan fingerprint density at radius 3 is 2.26 bits per heavy atom. The predicted octanol–water partition coefficient (Wildman–Crippen LogP) is 5.22. The van der Waals surface area contributed by atoms with E-state index < -0.39 is 0 Å². The highest BCUT2D eigenvalue weighted by Crippen LogP contribution is 2.55. The average Bonchev–Trinajstić information content (AvgIpc) is 2.98. The van der Waals surface area contributed by atoms with Gasteiger partial charge in [0.05, 0.1) is 0 Å². The molecule has 1 nitrogen and oxygen atoms in total. The summed E-state index contributed by atoms with van der Waals surface area (Å²) in [5.74, 6) is 1.06. The molecule has 1 atom stereocenters. The lowest BCUT2D eigenvalue weighted by Crippen LogP contribution is -2.22. The van der Waals surface area contributed by atoms with Gasteiger partial charge in [0.1, 0.15) is 0 Å². The normalized spacial score (nSPS) is 28.7. The van der Waals surface area contributed by atoms with Crippen LogP contribution in [-0.4, -0.2) is 5.78 Å². The van der Waals surface area contributed by atoms with Crippen LogP contribution in [0.3, 0.4) is 0 Å². The highest BCUT2D eigenvalue weighted by atomic mass is 16.1. The van der Waals surface area contributed by atoms with Crippen LogP contribution >= 0.6 is 0 Å². The quantitative estimate of drug-likeness (QED) is 0.583. The van der Waals surface area contributed by atoms with Crippen molar-refractivity contribution in [3.05, 3.63) is 22.3 Å². The van der Waals surface area contributed by atoms with E-state index >= 15 is 0 Å². The molecule has 2 saturated carbocycles. The SMILES string of the molecule is CC.CC1=C2CC3(CCCC3)C(=O)C2=C(C)C(C)C1. The summed E-state index contributed by atoms with van der Waals surface area (Å²) in [5.41, 5.74) is 5.43. The number of ketones is 1. The Hall–Kier alpha value is -0.850. The van der Waals surface area contributed by atoms with E-state index in [1.54, 1.807) is 0 Å². The van der Waals surface area contributed by atoms with E-state index in [2.05, 4.69) is 20.8 Å². The number of hydrogen-bond donors (Lipinski definition) is 0. The van der Waals surface area contributed by atoms with Gasteiger partial charge in [0.15, 0.2) is 5.78 Å². The standard InChI is InChI=1S/C16H22O.C2H6/c1-10-8-11(2)13-9-16(6-4-5-7-16)15(17)14(13)12(10)3;1-2/h10H,4-9H2,1-3H3;1-2H3. The van der Waals surface area contributed by atoms with E-state index in [0.29, 0.717) is 11.7 Å². The molecule has 0 amide bonds. The fraction of sp³-hybridized carbons (Fsp3) is 0.722. The van der Waals surface area contributed by atoms with Crippen LogP contribution in [0.1, 0.15) is 73.1 Å². The minimum absolute atomic E-state index is 0.0250. The second-order valence-electron chi connectivity index (χ2n) is 6.42. The summed E-state index contributed by atoms with van der Waals surface area (Å²) in [4.78, 5) is 12.8. The van der Waals surface area contributed by atoms with Crippen LogP contribution in [0.5, 0.6) is 0 Å². The minimum atomic E-state index is 0.0250. The van der Waals surface area contributed by atoms with Crippen molar-refractivity contribution in [3.8, 4) is 0 Å². The zero-order valence-electron chi connectivity index (χ0n) is 13.2. The predicted molar refractivity (Wildman–Crippen MR) is 81.1 cm³/mol. The smallest absolute Gasteiger partial charge is 0.169 e. The first-order valence-corrected chi connectivity index (χ1v) is 8.00. The molecule has 0 bridgehead atoms. The highest BCUT2D eigenvalue weighted by Gasteiger charge is 2.50. The number of allylic oxidation sites excluding steroid dienone is 4. The Morgan fingerprint density at radius 2 is 1.68 bits per heavy atom. The zero-order chi connectivity index (χ0) is 14.2. The van der Waals surface area contributed by atoms with E-state index in [4.69, 9.17) is 0 Å². The lowest BCUT2D eigenvalue weighted by molar-refractivity contribution is -0.122.